The number of carbonyl (C=O) groups is 2. The molecule has 11 heteroatoms. The summed E-state index contributed by atoms with van der Waals surface area (Å²) in [6, 6.07) is 6.21. The van der Waals surface area contributed by atoms with Gasteiger partial charge in [0.05, 0.1) is 0 Å². The summed E-state index contributed by atoms with van der Waals surface area (Å²) in [7, 11) is -3.93. The number of sulfone groups is 1. The van der Waals surface area contributed by atoms with Crippen LogP contribution in [0.1, 0.15) is 24.8 Å². The lowest BCUT2D eigenvalue weighted by Gasteiger charge is -2.06. The highest BCUT2D eigenvalue weighted by molar-refractivity contribution is 7.92. The van der Waals surface area contributed by atoms with Gasteiger partial charge in [-0.15, -0.1) is 10.2 Å². The van der Waals surface area contributed by atoms with Gasteiger partial charge in [0.25, 0.3) is 0 Å². The number of carbonyl (C=O) groups excluding carboxylic acids is 2. The van der Waals surface area contributed by atoms with Gasteiger partial charge in [-0.2, -0.15) is 0 Å². The van der Waals surface area contributed by atoms with Gasteiger partial charge in [-0.1, -0.05) is 36.8 Å². The second-order valence-electron chi connectivity index (χ2n) is 5.74. The maximum Gasteiger partial charge on any atom is 0.241 e. The summed E-state index contributed by atoms with van der Waals surface area (Å²) in [4.78, 5) is 23.7. The Hall–Kier alpha value is -2.04. The van der Waals surface area contributed by atoms with Crippen molar-refractivity contribution in [3.63, 3.8) is 0 Å². The molecule has 2 N–H and O–H groups in total. The molecular formula is C15H17ClN4O4S2. The van der Waals surface area contributed by atoms with E-state index in [0.29, 0.717) is 10.7 Å². The van der Waals surface area contributed by atoms with Gasteiger partial charge in [-0.05, 0) is 24.3 Å². The second-order valence-corrected chi connectivity index (χ2v) is 9.25. The molecule has 0 aliphatic carbocycles. The quantitative estimate of drug-likeness (QED) is 0.714. The Balaban J connectivity index is 1.89. The fourth-order valence-electron chi connectivity index (χ4n) is 1.85. The molecule has 0 aliphatic heterocycles. The normalized spacial score (nSPS) is 11.4. The van der Waals surface area contributed by atoms with Crippen molar-refractivity contribution in [2.24, 2.45) is 0 Å². The molecule has 140 valence electrons. The summed E-state index contributed by atoms with van der Waals surface area (Å²) in [5, 5.41) is 13.9. The van der Waals surface area contributed by atoms with E-state index in [2.05, 4.69) is 20.8 Å². The lowest BCUT2D eigenvalue weighted by molar-refractivity contribution is -0.114. The second kappa shape index (κ2) is 8.56. The molecule has 8 nitrogen and oxygen atoms in total. The lowest BCUT2D eigenvalue weighted by atomic mass is 10.2. The first-order valence-corrected chi connectivity index (χ1v) is 10.6. The predicted octanol–water partition coefficient (Wildman–Crippen LogP) is 2.31. The third kappa shape index (κ3) is 6.36. The number of amides is 2. The van der Waals surface area contributed by atoms with Crippen LogP contribution in [0.2, 0.25) is 5.02 Å². The fourth-order valence-corrected chi connectivity index (χ4v) is 3.79. The van der Waals surface area contributed by atoms with E-state index in [0.717, 1.165) is 5.01 Å². The SMILES string of the molecule is CC(C)c1nnc(NC(=O)CS(=O)(=O)CC(=O)Nc2ccc(Cl)cc2)s1. The molecule has 2 amide bonds. The van der Waals surface area contributed by atoms with E-state index < -0.39 is 33.2 Å². The maximum absolute atomic E-state index is 12.0. The summed E-state index contributed by atoms with van der Waals surface area (Å²) in [5.41, 5.74) is 0.411. The van der Waals surface area contributed by atoms with Crippen LogP contribution in [0.5, 0.6) is 0 Å². The van der Waals surface area contributed by atoms with Crippen molar-refractivity contribution in [3.8, 4) is 0 Å². The van der Waals surface area contributed by atoms with Crippen LogP contribution in [-0.4, -0.2) is 41.9 Å². The smallest absolute Gasteiger partial charge is 0.241 e. The molecule has 26 heavy (non-hydrogen) atoms. The van der Waals surface area contributed by atoms with Crippen molar-refractivity contribution >= 4 is 55.4 Å². The summed E-state index contributed by atoms with van der Waals surface area (Å²) < 4.78 is 24.0. The van der Waals surface area contributed by atoms with E-state index in [1.807, 2.05) is 13.8 Å². The standard InChI is InChI=1S/C15H17ClN4O4S2/c1-9(2)14-19-20-15(25-14)18-13(22)8-26(23,24)7-12(21)17-11-5-3-10(16)4-6-11/h3-6,9H,7-8H2,1-2H3,(H,17,21)(H,18,20,22). The van der Waals surface area contributed by atoms with Crippen molar-refractivity contribution in [2.75, 3.05) is 22.1 Å². The van der Waals surface area contributed by atoms with E-state index in [1.165, 1.54) is 11.3 Å². The fraction of sp³-hybridized carbons (Fsp3) is 0.333. The van der Waals surface area contributed by atoms with Gasteiger partial charge in [0, 0.05) is 16.6 Å². The lowest BCUT2D eigenvalue weighted by Crippen LogP contribution is -2.30. The van der Waals surface area contributed by atoms with Gasteiger partial charge in [0.2, 0.25) is 16.9 Å². The van der Waals surface area contributed by atoms with E-state index in [1.54, 1.807) is 24.3 Å². The molecule has 0 fully saturated rings. The number of rotatable bonds is 7. The largest absolute Gasteiger partial charge is 0.325 e. The zero-order valence-electron chi connectivity index (χ0n) is 14.0. The van der Waals surface area contributed by atoms with Crippen LogP contribution in [0.25, 0.3) is 0 Å². The zero-order valence-corrected chi connectivity index (χ0v) is 16.4. The van der Waals surface area contributed by atoms with Crippen molar-refractivity contribution in [1.29, 1.82) is 0 Å². The van der Waals surface area contributed by atoms with Gasteiger partial charge in [0.15, 0.2) is 9.84 Å². The predicted molar refractivity (Wildman–Crippen MR) is 101 cm³/mol. The topological polar surface area (TPSA) is 118 Å². The Morgan fingerprint density at radius 3 is 2.19 bits per heavy atom. The number of nitrogens with zero attached hydrogens (tertiary/aromatic N) is 2. The Morgan fingerprint density at radius 1 is 1.08 bits per heavy atom. The highest BCUT2D eigenvalue weighted by Crippen LogP contribution is 2.22. The number of hydrogen-bond donors (Lipinski definition) is 2. The van der Waals surface area contributed by atoms with Crippen molar-refractivity contribution in [3.05, 3.63) is 34.3 Å². The number of hydrogen-bond acceptors (Lipinski definition) is 7. The number of halogens is 1. The minimum atomic E-state index is -3.93. The molecule has 1 heterocycles. The van der Waals surface area contributed by atoms with Crippen LogP contribution in [0.3, 0.4) is 0 Å². The summed E-state index contributed by atoms with van der Waals surface area (Å²) in [6.45, 7) is 3.85. The number of anilines is 2. The monoisotopic (exact) mass is 416 g/mol. The molecule has 0 aliphatic rings. The van der Waals surface area contributed by atoms with E-state index in [9.17, 15) is 18.0 Å². The van der Waals surface area contributed by atoms with Gasteiger partial charge >= 0.3 is 0 Å². The third-order valence-corrected chi connectivity index (χ3v) is 5.81. The number of aromatic nitrogens is 2. The average molecular weight is 417 g/mol. The minimum Gasteiger partial charge on any atom is -0.325 e. The average Bonchev–Trinajstić information content (AvgIpc) is 2.96. The first kappa shape index (κ1) is 20.3. The molecule has 0 unspecified atom stereocenters. The van der Waals surface area contributed by atoms with Gasteiger partial charge in [-0.25, -0.2) is 8.42 Å². The van der Waals surface area contributed by atoms with E-state index >= 15 is 0 Å². The molecule has 2 rings (SSSR count). The van der Waals surface area contributed by atoms with Crippen molar-refractivity contribution in [2.45, 2.75) is 19.8 Å². The molecule has 0 radical (unpaired) electrons. The van der Waals surface area contributed by atoms with Gasteiger partial charge in [0.1, 0.15) is 16.5 Å². The van der Waals surface area contributed by atoms with Crippen LogP contribution >= 0.6 is 22.9 Å². The Bertz CT molecular complexity index is 895. The van der Waals surface area contributed by atoms with Crippen LogP contribution in [0.4, 0.5) is 10.8 Å². The molecule has 0 saturated heterocycles. The molecule has 0 bridgehead atoms. The molecule has 0 saturated carbocycles. The van der Waals surface area contributed by atoms with E-state index in [4.69, 9.17) is 11.6 Å². The number of nitrogens with one attached hydrogen (secondary N) is 2. The van der Waals surface area contributed by atoms with Crippen LogP contribution < -0.4 is 10.6 Å². The molecule has 1 aromatic heterocycles. The Labute approximate surface area is 159 Å². The van der Waals surface area contributed by atoms with Crippen molar-refractivity contribution in [1.82, 2.24) is 10.2 Å². The highest BCUT2D eigenvalue weighted by atomic mass is 35.5. The van der Waals surface area contributed by atoms with Crippen LogP contribution in [-0.2, 0) is 19.4 Å². The van der Waals surface area contributed by atoms with Crippen LogP contribution in [0.15, 0.2) is 24.3 Å². The van der Waals surface area contributed by atoms with Crippen molar-refractivity contribution < 1.29 is 18.0 Å². The summed E-state index contributed by atoms with van der Waals surface area (Å²) >= 11 is 6.91. The molecule has 0 atom stereocenters. The Morgan fingerprint density at radius 2 is 1.65 bits per heavy atom. The Kier molecular flexibility index (Phi) is 6.68. The zero-order chi connectivity index (χ0) is 19.3. The highest BCUT2D eigenvalue weighted by Gasteiger charge is 2.22. The molecular weight excluding hydrogens is 400 g/mol. The first-order chi connectivity index (χ1) is 12.1. The molecule has 1 aromatic carbocycles. The molecule has 2 aromatic rings. The summed E-state index contributed by atoms with van der Waals surface area (Å²) in [6.07, 6.45) is 0. The van der Waals surface area contributed by atoms with Crippen LogP contribution in [0, 0.1) is 0 Å². The molecule has 0 spiro atoms. The van der Waals surface area contributed by atoms with Gasteiger partial charge < -0.3 is 5.32 Å². The first-order valence-electron chi connectivity index (χ1n) is 7.54. The maximum atomic E-state index is 12.0. The summed E-state index contributed by atoms with van der Waals surface area (Å²) in [5.74, 6) is -2.99. The number of benzene rings is 1. The van der Waals surface area contributed by atoms with E-state index in [-0.39, 0.29) is 11.0 Å². The third-order valence-electron chi connectivity index (χ3n) is 3.01. The van der Waals surface area contributed by atoms with Gasteiger partial charge in [-0.3, -0.25) is 14.9 Å². The minimum absolute atomic E-state index is 0.151.